The van der Waals surface area contributed by atoms with Gasteiger partial charge < -0.3 is 10.4 Å². The number of thioether (sulfide) groups is 1. The van der Waals surface area contributed by atoms with Crippen LogP contribution in [0.2, 0.25) is 0 Å². The van der Waals surface area contributed by atoms with E-state index in [2.05, 4.69) is 15.8 Å². The molecule has 0 spiro atoms. The summed E-state index contributed by atoms with van der Waals surface area (Å²) in [6.07, 6.45) is 2.07. The number of hydrogen-bond acceptors (Lipinski definition) is 6. The van der Waals surface area contributed by atoms with Gasteiger partial charge in [0.2, 0.25) is 5.91 Å². The van der Waals surface area contributed by atoms with E-state index in [1.807, 2.05) is 0 Å². The summed E-state index contributed by atoms with van der Waals surface area (Å²) in [4.78, 5) is 26.3. The summed E-state index contributed by atoms with van der Waals surface area (Å²) in [5.74, 6) is -0.958. The zero-order valence-corrected chi connectivity index (χ0v) is 10.0. The number of hydroxylamine groups is 1. The Labute approximate surface area is 103 Å². The molecule has 1 rings (SSSR count). The maximum atomic E-state index is 11.6. The first-order valence-corrected chi connectivity index (χ1v) is 6.38. The molecule has 98 valence electrons. The summed E-state index contributed by atoms with van der Waals surface area (Å²) in [6.45, 7) is 0.499. The number of aliphatic carboxylic acids is 1. The highest BCUT2D eigenvalue weighted by Crippen LogP contribution is 2.19. The molecule has 1 heterocycles. The molecule has 0 bridgehead atoms. The van der Waals surface area contributed by atoms with Crippen LogP contribution in [0, 0.1) is 0 Å². The van der Waals surface area contributed by atoms with Crippen molar-refractivity contribution in [1.82, 2.24) is 10.8 Å². The SMILES string of the molecule is O=C1NCCCCC(C(=O)O)SCC1NOO. The molecule has 1 amide bonds. The Bertz CT molecular complexity index is 276. The molecular formula is C9H16N2O5S. The minimum Gasteiger partial charge on any atom is -0.480 e. The lowest BCUT2D eigenvalue weighted by atomic mass is 10.2. The number of carboxylic acid groups (broad SMARTS) is 1. The van der Waals surface area contributed by atoms with E-state index >= 15 is 0 Å². The van der Waals surface area contributed by atoms with E-state index in [9.17, 15) is 9.59 Å². The van der Waals surface area contributed by atoms with E-state index in [1.165, 1.54) is 11.8 Å². The van der Waals surface area contributed by atoms with Gasteiger partial charge in [-0.05, 0) is 12.8 Å². The fourth-order valence-electron chi connectivity index (χ4n) is 1.51. The molecule has 1 saturated heterocycles. The van der Waals surface area contributed by atoms with Gasteiger partial charge in [0.05, 0.1) is 0 Å². The minimum atomic E-state index is -0.875. The number of carbonyl (C=O) groups excluding carboxylic acids is 1. The van der Waals surface area contributed by atoms with Crippen molar-refractivity contribution >= 4 is 23.6 Å². The third-order valence-electron chi connectivity index (χ3n) is 2.44. The third-order valence-corrected chi connectivity index (χ3v) is 3.81. The fraction of sp³-hybridized carbons (Fsp3) is 0.778. The molecule has 0 saturated carbocycles. The molecule has 7 nitrogen and oxygen atoms in total. The van der Waals surface area contributed by atoms with Crippen LogP contribution in [-0.4, -0.2) is 45.8 Å². The van der Waals surface area contributed by atoms with E-state index < -0.39 is 17.3 Å². The molecule has 0 aromatic rings. The van der Waals surface area contributed by atoms with Crippen LogP contribution in [0.3, 0.4) is 0 Å². The maximum Gasteiger partial charge on any atom is 0.316 e. The first-order valence-electron chi connectivity index (χ1n) is 5.33. The van der Waals surface area contributed by atoms with Gasteiger partial charge >= 0.3 is 5.97 Å². The minimum absolute atomic E-state index is 0.226. The van der Waals surface area contributed by atoms with Crippen LogP contribution in [0.5, 0.6) is 0 Å². The van der Waals surface area contributed by atoms with Gasteiger partial charge in [0, 0.05) is 12.3 Å². The molecule has 0 aromatic carbocycles. The van der Waals surface area contributed by atoms with Gasteiger partial charge in [-0.25, -0.2) is 5.26 Å². The Balaban J connectivity index is 2.59. The van der Waals surface area contributed by atoms with E-state index in [0.29, 0.717) is 13.0 Å². The van der Waals surface area contributed by atoms with E-state index in [4.69, 9.17) is 10.4 Å². The number of carboxylic acids is 1. The van der Waals surface area contributed by atoms with Crippen molar-refractivity contribution in [3.05, 3.63) is 0 Å². The third kappa shape index (κ3) is 4.90. The molecule has 1 aliphatic rings. The molecular weight excluding hydrogens is 248 g/mol. The highest BCUT2D eigenvalue weighted by atomic mass is 32.2. The summed E-state index contributed by atoms with van der Waals surface area (Å²) >= 11 is 1.17. The highest BCUT2D eigenvalue weighted by Gasteiger charge is 2.25. The maximum absolute atomic E-state index is 11.6. The molecule has 0 radical (unpaired) electrons. The standard InChI is InChI=1S/C9H16N2O5S/c12-8-6(11-16-15)5-17-7(9(13)14)3-1-2-4-10-8/h6-7,11,15H,1-5H2,(H,10,12)(H,13,14). The highest BCUT2D eigenvalue weighted by molar-refractivity contribution is 8.00. The Morgan fingerprint density at radius 2 is 2.29 bits per heavy atom. The van der Waals surface area contributed by atoms with Crippen molar-refractivity contribution in [3.8, 4) is 0 Å². The van der Waals surface area contributed by atoms with Crippen LogP contribution in [0.1, 0.15) is 19.3 Å². The zero-order valence-electron chi connectivity index (χ0n) is 9.22. The number of nitrogens with one attached hydrogen (secondary N) is 2. The Kier molecular flexibility index (Phi) is 6.27. The van der Waals surface area contributed by atoms with Crippen LogP contribution < -0.4 is 10.8 Å². The molecule has 0 aliphatic carbocycles. The first kappa shape index (κ1) is 14.2. The van der Waals surface area contributed by atoms with E-state index in [1.54, 1.807) is 0 Å². The lowest BCUT2D eigenvalue weighted by Gasteiger charge is -2.20. The van der Waals surface area contributed by atoms with Crippen LogP contribution in [0.25, 0.3) is 0 Å². The normalized spacial score (nSPS) is 27.2. The van der Waals surface area contributed by atoms with Gasteiger partial charge in [0.15, 0.2) is 0 Å². The quantitative estimate of drug-likeness (QED) is 0.414. The predicted octanol–water partition coefficient (Wildman–Crippen LogP) is -0.164. The smallest absolute Gasteiger partial charge is 0.316 e. The Morgan fingerprint density at radius 3 is 2.94 bits per heavy atom. The van der Waals surface area contributed by atoms with Gasteiger partial charge in [-0.2, -0.15) is 5.48 Å². The number of rotatable bonds is 3. The van der Waals surface area contributed by atoms with Crippen LogP contribution in [-0.2, 0) is 14.6 Å². The van der Waals surface area contributed by atoms with Gasteiger partial charge in [0.25, 0.3) is 0 Å². The van der Waals surface area contributed by atoms with Gasteiger partial charge in [-0.15, -0.1) is 16.8 Å². The Hall–Kier alpha value is -0.830. The average molecular weight is 264 g/mol. The summed E-state index contributed by atoms with van der Waals surface area (Å²) < 4.78 is 0. The number of carbonyl (C=O) groups is 2. The summed E-state index contributed by atoms with van der Waals surface area (Å²) in [5, 5.41) is 19.4. The molecule has 2 atom stereocenters. The zero-order chi connectivity index (χ0) is 12.7. The molecule has 8 heteroatoms. The number of hydrogen-bond donors (Lipinski definition) is 4. The van der Waals surface area contributed by atoms with Gasteiger partial charge in [0.1, 0.15) is 11.3 Å². The molecule has 17 heavy (non-hydrogen) atoms. The molecule has 0 aromatic heterocycles. The molecule has 1 aliphatic heterocycles. The second kappa shape index (κ2) is 7.49. The van der Waals surface area contributed by atoms with Crippen LogP contribution in [0.4, 0.5) is 0 Å². The van der Waals surface area contributed by atoms with Crippen LogP contribution in [0.15, 0.2) is 0 Å². The lowest BCUT2D eigenvalue weighted by molar-refractivity contribution is -0.296. The Morgan fingerprint density at radius 1 is 1.53 bits per heavy atom. The monoisotopic (exact) mass is 264 g/mol. The molecule has 4 N–H and O–H groups in total. The van der Waals surface area contributed by atoms with Crippen LogP contribution >= 0.6 is 11.8 Å². The summed E-state index contributed by atoms with van der Waals surface area (Å²) in [5.41, 5.74) is 2.14. The van der Waals surface area contributed by atoms with E-state index in [-0.39, 0.29) is 11.7 Å². The average Bonchev–Trinajstić information content (AvgIpc) is 2.30. The van der Waals surface area contributed by atoms with Crippen molar-refractivity contribution in [2.24, 2.45) is 0 Å². The van der Waals surface area contributed by atoms with Gasteiger partial charge in [-0.1, -0.05) is 6.42 Å². The van der Waals surface area contributed by atoms with Crippen molar-refractivity contribution in [1.29, 1.82) is 0 Å². The topological polar surface area (TPSA) is 108 Å². The van der Waals surface area contributed by atoms with E-state index in [0.717, 1.165) is 12.8 Å². The lowest BCUT2D eigenvalue weighted by Crippen LogP contribution is -2.46. The first-order chi connectivity index (χ1) is 8.15. The summed E-state index contributed by atoms with van der Waals surface area (Å²) in [7, 11) is 0. The largest absolute Gasteiger partial charge is 0.480 e. The summed E-state index contributed by atoms with van der Waals surface area (Å²) in [6, 6.07) is -0.759. The predicted molar refractivity (Wildman–Crippen MR) is 61.4 cm³/mol. The fourth-order valence-corrected chi connectivity index (χ4v) is 2.63. The van der Waals surface area contributed by atoms with Crippen molar-refractivity contribution in [3.63, 3.8) is 0 Å². The molecule has 2 unspecified atom stereocenters. The molecule has 1 fully saturated rings. The number of amides is 1. The second-order valence-corrected chi connectivity index (χ2v) is 4.94. The second-order valence-electron chi connectivity index (χ2n) is 3.71. The van der Waals surface area contributed by atoms with Crippen molar-refractivity contribution in [2.75, 3.05) is 12.3 Å². The van der Waals surface area contributed by atoms with Gasteiger partial charge in [-0.3, -0.25) is 9.59 Å². The van der Waals surface area contributed by atoms with Crippen molar-refractivity contribution < 1.29 is 24.9 Å². The van der Waals surface area contributed by atoms with Crippen molar-refractivity contribution in [2.45, 2.75) is 30.6 Å².